The van der Waals surface area contributed by atoms with Crippen LogP contribution in [0.15, 0.2) is 0 Å². The number of carbonyl (C=O) groups is 2. The van der Waals surface area contributed by atoms with E-state index in [2.05, 4.69) is 8.92 Å². The predicted octanol–water partition coefficient (Wildman–Crippen LogP) is -1.54. The highest BCUT2D eigenvalue weighted by Crippen LogP contribution is 1.93. The number of esters is 1. The molecule has 0 aromatic heterocycles. The van der Waals surface area contributed by atoms with E-state index in [1.165, 1.54) is 0 Å². The van der Waals surface area contributed by atoms with Gasteiger partial charge in [0.1, 0.15) is 0 Å². The van der Waals surface area contributed by atoms with Gasteiger partial charge in [-0.2, -0.15) is 8.42 Å². The van der Waals surface area contributed by atoms with Crippen LogP contribution in [0.3, 0.4) is 0 Å². The van der Waals surface area contributed by atoms with Crippen molar-refractivity contribution in [3.63, 3.8) is 0 Å². The van der Waals surface area contributed by atoms with Crippen molar-refractivity contribution in [2.45, 2.75) is 0 Å². The second kappa shape index (κ2) is 4.77. The molecule has 8 heteroatoms. The molecule has 0 aliphatic rings. The summed E-state index contributed by atoms with van der Waals surface area (Å²) in [6, 6.07) is 0. The summed E-state index contributed by atoms with van der Waals surface area (Å²) in [5, 5.41) is 9.84. The summed E-state index contributed by atoms with van der Waals surface area (Å²) in [7, 11) is -3.21. The molecule has 0 bridgehead atoms. The lowest BCUT2D eigenvalue weighted by atomic mass is 10.8. The van der Waals surface area contributed by atoms with Gasteiger partial charge in [-0.05, 0) is 0 Å². The van der Waals surface area contributed by atoms with Crippen molar-refractivity contribution in [2.24, 2.45) is 0 Å². The topological polar surface area (TPSA) is 107 Å². The zero-order valence-corrected chi connectivity index (χ0v) is 7.50. The minimum absolute atomic E-state index is 0.841. The second-order valence-corrected chi connectivity index (χ2v) is 3.55. The summed E-state index contributed by atoms with van der Waals surface area (Å²) in [4.78, 5) is 20.2. The van der Waals surface area contributed by atoms with Crippen molar-refractivity contribution in [2.75, 3.05) is 19.5 Å². The molecule has 0 aromatic carbocycles. The molecular weight excluding hydrogens is 204 g/mol. The maximum atomic E-state index is 10.6. The van der Waals surface area contributed by atoms with Crippen molar-refractivity contribution in [1.29, 1.82) is 0 Å². The molecule has 13 heavy (non-hydrogen) atoms. The fourth-order valence-electron chi connectivity index (χ4n) is 0.383. The highest BCUT2D eigenvalue weighted by molar-refractivity contribution is 7.87. The van der Waals surface area contributed by atoms with E-state index in [1.807, 2.05) is 0 Å². The van der Waals surface area contributed by atoms with Gasteiger partial charge in [0, 0.05) is 0 Å². The quantitative estimate of drug-likeness (QED) is 0.403. The third-order valence-corrected chi connectivity index (χ3v) is 1.94. The minimum atomic E-state index is -4.25. The highest BCUT2D eigenvalue weighted by atomic mass is 32.2. The van der Waals surface area contributed by atoms with Crippen molar-refractivity contribution < 1.29 is 32.0 Å². The average Bonchev–Trinajstić information content (AvgIpc) is 1.98. The summed E-state index contributed by atoms with van der Waals surface area (Å²) < 4.78 is 29.2. The maximum Gasteiger partial charge on any atom is 0.373 e. The zero-order chi connectivity index (χ0) is 10.5. The Hall–Kier alpha value is -1.15. The smallest absolute Gasteiger partial charge is 0.373 e. The molecule has 0 fully saturated rings. The van der Waals surface area contributed by atoms with Gasteiger partial charge in [0.15, 0.2) is 12.4 Å². The molecule has 0 aliphatic heterocycles. The van der Waals surface area contributed by atoms with Gasteiger partial charge in [-0.1, -0.05) is 0 Å². The van der Waals surface area contributed by atoms with E-state index in [1.54, 1.807) is 0 Å². The van der Waals surface area contributed by atoms with E-state index in [9.17, 15) is 23.1 Å². The summed E-state index contributed by atoms with van der Waals surface area (Å²) >= 11 is 0. The van der Waals surface area contributed by atoms with Crippen LogP contribution in [0.1, 0.15) is 0 Å². The molecule has 75 valence electrons. The normalized spacial score (nSPS) is 10.8. The van der Waals surface area contributed by atoms with E-state index >= 15 is 0 Å². The fraction of sp³-hybridized carbons (Fsp3) is 0.600. The van der Waals surface area contributed by atoms with E-state index in [0.29, 0.717) is 0 Å². The Bertz CT molecular complexity index is 290. The molecule has 0 N–H and O–H groups in total. The van der Waals surface area contributed by atoms with Crippen LogP contribution in [0.2, 0.25) is 0 Å². The first kappa shape index (κ1) is 11.8. The molecule has 7 nitrogen and oxygen atoms in total. The second-order valence-electron chi connectivity index (χ2n) is 1.91. The number of carbonyl (C=O) groups excluding carboxylic acids is 2. The van der Waals surface area contributed by atoms with Gasteiger partial charge in [0.05, 0.1) is 7.11 Å². The Morgan fingerprint density at radius 3 is 2.23 bits per heavy atom. The van der Waals surface area contributed by atoms with Crippen molar-refractivity contribution >= 4 is 22.1 Å². The van der Waals surface area contributed by atoms with E-state index in [-0.39, 0.29) is 0 Å². The minimum Gasteiger partial charge on any atom is -0.467 e. The largest absolute Gasteiger partial charge is 0.467 e. The highest BCUT2D eigenvalue weighted by Gasteiger charge is 2.19. The molecule has 0 saturated carbocycles. The molecule has 0 amide bonds. The SMILES string of the molecule is COC(=O)COS(=O)(=O)CC([O])=O. The van der Waals surface area contributed by atoms with Gasteiger partial charge in [-0.25, -0.2) is 14.7 Å². The Balaban J connectivity index is 4.05. The van der Waals surface area contributed by atoms with Gasteiger partial charge < -0.3 is 4.74 Å². The lowest BCUT2D eigenvalue weighted by molar-refractivity contribution is -0.143. The van der Waals surface area contributed by atoms with Crippen molar-refractivity contribution in [1.82, 2.24) is 0 Å². The summed E-state index contributed by atoms with van der Waals surface area (Å²) in [5.41, 5.74) is 0. The summed E-state index contributed by atoms with van der Waals surface area (Å²) in [6.45, 7) is -0.841. The molecule has 0 atom stereocenters. The van der Waals surface area contributed by atoms with Crippen LogP contribution in [0.25, 0.3) is 0 Å². The number of hydrogen-bond donors (Lipinski definition) is 0. The Kier molecular flexibility index (Phi) is 4.35. The van der Waals surface area contributed by atoms with Gasteiger partial charge in [0.25, 0.3) is 10.1 Å². The Labute approximate surface area is 74.4 Å². The van der Waals surface area contributed by atoms with Crippen molar-refractivity contribution in [3.8, 4) is 0 Å². The molecule has 0 rings (SSSR count). The first-order valence-corrected chi connectivity index (χ1v) is 4.59. The molecule has 0 spiro atoms. The third-order valence-electron chi connectivity index (χ3n) is 0.879. The number of hydrogen-bond acceptors (Lipinski definition) is 6. The number of rotatable bonds is 5. The van der Waals surface area contributed by atoms with Gasteiger partial charge in [0.2, 0.25) is 0 Å². The van der Waals surface area contributed by atoms with Crippen LogP contribution < -0.4 is 0 Å². The van der Waals surface area contributed by atoms with Crippen LogP contribution in [0, 0.1) is 0 Å². The van der Waals surface area contributed by atoms with Gasteiger partial charge >= 0.3 is 11.9 Å². The van der Waals surface area contributed by atoms with Gasteiger partial charge in [-0.3, -0.25) is 4.18 Å². The molecule has 0 aliphatic carbocycles. The van der Waals surface area contributed by atoms with Crippen LogP contribution in [-0.4, -0.2) is 39.8 Å². The fourth-order valence-corrected chi connectivity index (χ4v) is 1.03. The lowest BCUT2D eigenvalue weighted by Crippen LogP contribution is -2.21. The monoisotopic (exact) mass is 211 g/mol. The standard InChI is InChI=1S/C5H7O7S/c1-11-5(8)2-12-13(9,10)3-4(6)7/h2-3H2,1H3. The summed E-state index contributed by atoms with van der Waals surface area (Å²) in [5.74, 6) is -4.00. The Morgan fingerprint density at radius 1 is 1.31 bits per heavy atom. The zero-order valence-electron chi connectivity index (χ0n) is 6.68. The van der Waals surface area contributed by atoms with Crippen LogP contribution in [-0.2, 0) is 33.7 Å². The van der Waals surface area contributed by atoms with Crippen LogP contribution in [0.5, 0.6) is 0 Å². The Morgan fingerprint density at radius 2 is 1.85 bits per heavy atom. The molecule has 0 heterocycles. The molecule has 0 aromatic rings. The van der Waals surface area contributed by atoms with E-state index in [4.69, 9.17) is 0 Å². The molecule has 1 radical (unpaired) electrons. The molecule has 0 unspecified atom stereocenters. The van der Waals surface area contributed by atoms with Crippen LogP contribution in [0.4, 0.5) is 0 Å². The molecular formula is C5H7O7S. The maximum absolute atomic E-state index is 10.6. The van der Waals surface area contributed by atoms with E-state index < -0.39 is 34.4 Å². The lowest BCUT2D eigenvalue weighted by Gasteiger charge is -2.00. The molecule has 0 saturated heterocycles. The van der Waals surface area contributed by atoms with Crippen LogP contribution >= 0.6 is 0 Å². The summed E-state index contributed by atoms with van der Waals surface area (Å²) in [6.07, 6.45) is 0. The predicted molar refractivity (Wildman–Crippen MR) is 37.4 cm³/mol. The number of ether oxygens (including phenoxy) is 1. The first-order valence-electron chi connectivity index (χ1n) is 3.01. The third kappa shape index (κ3) is 6.05. The van der Waals surface area contributed by atoms with Crippen molar-refractivity contribution in [3.05, 3.63) is 0 Å². The first-order chi connectivity index (χ1) is 5.87. The van der Waals surface area contributed by atoms with E-state index in [0.717, 1.165) is 7.11 Å². The number of methoxy groups -OCH3 is 1. The average molecular weight is 211 g/mol. The van der Waals surface area contributed by atoms with Gasteiger partial charge in [-0.15, -0.1) is 0 Å².